The van der Waals surface area contributed by atoms with Gasteiger partial charge in [-0.2, -0.15) is 0 Å². The third-order valence-corrected chi connectivity index (χ3v) is 4.39. The molecule has 0 saturated heterocycles. The number of carbonyl (C=O) groups is 1. The van der Waals surface area contributed by atoms with E-state index < -0.39 is 0 Å². The fraction of sp³-hybridized carbons (Fsp3) is 0.429. The first-order valence-corrected chi connectivity index (χ1v) is 7.36. The van der Waals surface area contributed by atoms with Gasteiger partial charge in [-0.15, -0.1) is 11.3 Å². The van der Waals surface area contributed by atoms with Gasteiger partial charge in [0, 0.05) is 17.6 Å². The zero-order valence-electron chi connectivity index (χ0n) is 11.3. The molecular weight excluding hydrogens is 258 g/mol. The lowest BCUT2D eigenvalue weighted by molar-refractivity contribution is 0.0942. The first-order chi connectivity index (χ1) is 9.08. The first kappa shape index (κ1) is 14.0. The number of hydrogen-bond donors (Lipinski definition) is 2. The molecule has 3 N–H and O–H groups in total. The highest BCUT2D eigenvalue weighted by atomic mass is 32.1. The van der Waals surface area contributed by atoms with Gasteiger partial charge in [0.15, 0.2) is 0 Å². The summed E-state index contributed by atoms with van der Waals surface area (Å²) in [6.07, 6.45) is 1.69. The monoisotopic (exact) mass is 277 g/mol. The van der Waals surface area contributed by atoms with Gasteiger partial charge in [-0.1, -0.05) is 13.8 Å². The van der Waals surface area contributed by atoms with E-state index in [0.29, 0.717) is 12.1 Å². The summed E-state index contributed by atoms with van der Waals surface area (Å²) < 4.78 is 1.03. The summed E-state index contributed by atoms with van der Waals surface area (Å²) in [4.78, 5) is 16.3. The second kappa shape index (κ2) is 5.67. The van der Waals surface area contributed by atoms with Crippen molar-refractivity contribution >= 4 is 27.5 Å². The van der Waals surface area contributed by atoms with Crippen LogP contribution in [0.5, 0.6) is 0 Å². The average molecular weight is 277 g/mol. The summed E-state index contributed by atoms with van der Waals surface area (Å²) in [7, 11) is 0. The number of carbonyl (C=O) groups excluding carboxylic acids is 1. The van der Waals surface area contributed by atoms with Crippen molar-refractivity contribution in [3.05, 3.63) is 29.3 Å². The fourth-order valence-electron chi connectivity index (χ4n) is 1.85. The van der Waals surface area contributed by atoms with Gasteiger partial charge in [-0.05, 0) is 31.0 Å². The van der Waals surface area contributed by atoms with Crippen LogP contribution in [0.3, 0.4) is 0 Å². The summed E-state index contributed by atoms with van der Waals surface area (Å²) in [5, 5.41) is 2.92. The topological polar surface area (TPSA) is 68.0 Å². The van der Waals surface area contributed by atoms with Crippen molar-refractivity contribution in [1.29, 1.82) is 0 Å². The Morgan fingerprint density at radius 3 is 2.84 bits per heavy atom. The van der Waals surface area contributed by atoms with Crippen LogP contribution in [0.15, 0.2) is 23.7 Å². The minimum atomic E-state index is -0.315. The molecule has 2 rings (SSSR count). The maximum Gasteiger partial charge on any atom is 0.251 e. The minimum absolute atomic E-state index is 0.0768. The van der Waals surface area contributed by atoms with Crippen molar-refractivity contribution < 1.29 is 4.79 Å². The first-order valence-electron chi connectivity index (χ1n) is 6.48. The molecule has 2 aromatic rings. The molecule has 0 unspecified atom stereocenters. The van der Waals surface area contributed by atoms with Gasteiger partial charge in [0.05, 0.1) is 15.7 Å². The molecule has 0 radical (unpaired) electrons. The van der Waals surface area contributed by atoms with E-state index in [0.717, 1.165) is 23.1 Å². The Balaban J connectivity index is 2.07. The van der Waals surface area contributed by atoms with E-state index in [9.17, 15) is 4.79 Å². The number of aromatic nitrogens is 1. The van der Waals surface area contributed by atoms with Gasteiger partial charge in [-0.3, -0.25) is 4.79 Å². The maximum atomic E-state index is 12.1. The van der Waals surface area contributed by atoms with E-state index in [2.05, 4.69) is 10.3 Å². The average Bonchev–Trinajstić information content (AvgIpc) is 2.91. The molecule has 19 heavy (non-hydrogen) atoms. The number of benzene rings is 1. The Labute approximate surface area is 117 Å². The number of amides is 1. The van der Waals surface area contributed by atoms with Crippen LogP contribution in [-0.4, -0.2) is 23.0 Å². The highest BCUT2D eigenvalue weighted by molar-refractivity contribution is 7.16. The molecule has 0 aliphatic rings. The third kappa shape index (κ3) is 3.11. The van der Waals surface area contributed by atoms with Gasteiger partial charge in [0.25, 0.3) is 5.91 Å². The summed E-state index contributed by atoms with van der Waals surface area (Å²) in [5.41, 5.74) is 9.23. The van der Waals surface area contributed by atoms with E-state index in [4.69, 9.17) is 5.73 Å². The zero-order chi connectivity index (χ0) is 13.9. The smallest absolute Gasteiger partial charge is 0.251 e. The molecule has 102 valence electrons. The number of nitrogens with one attached hydrogen (secondary N) is 1. The molecule has 0 atom stereocenters. The van der Waals surface area contributed by atoms with Gasteiger partial charge in [0.2, 0.25) is 0 Å². The summed E-state index contributed by atoms with van der Waals surface area (Å²) in [6.45, 7) is 4.58. The number of nitrogens with two attached hydrogens (primary N) is 1. The lowest BCUT2D eigenvalue weighted by Gasteiger charge is -2.26. The van der Waals surface area contributed by atoms with Crippen molar-refractivity contribution in [3.63, 3.8) is 0 Å². The molecule has 5 heteroatoms. The fourth-order valence-corrected chi connectivity index (χ4v) is 2.57. The second-order valence-corrected chi connectivity index (χ2v) is 5.67. The molecule has 0 bridgehead atoms. The lowest BCUT2D eigenvalue weighted by atomic mass is 9.94. The predicted octanol–water partition coefficient (Wildman–Crippen LogP) is 2.54. The van der Waals surface area contributed by atoms with Crippen LogP contribution in [0.25, 0.3) is 10.2 Å². The van der Waals surface area contributed by atoms with Crippen LogP contribution in [-0.2, 0) is 0 Å². The molecule has 1 heterocycles. The third-order valence-electron chi connectivity index (χ3n) is 3.60. The second-order valence-electron chi connectivity index (χ2n) is 4.79. The van der Waals surface area contributed by atoms with E-state index in [1.165, 1.54) is 11.3 Å². The van der Waals surface area contributed by atoms with Gasteiger partial charge in [0.1, 0.15) is 0 Å². The van der Waals surface area contributed by atoms with E-state index in [1.807, 2.05) is 26.0 Å². The Morgan fingerprint density at radius 2 is 2.16 bits per heavy atom. The van der Waals surface area contributed by atoms with Gasteiger partial charge >= 0.3 is 0 Å². The number of nitrogens with zero attached hydrogens (tertiary/aromatic N) is 1. The van der Waals surface area contributed by atoms with E-state index >= 15 is 0 Å². The predicted molar refractivity (Wildman–Crippen MR) is 79.5 cm³/mol. The highest BCUT2D eigenvalue weighted by Crippen LogP contribution is 2.19. The van der Waals surface area contributed by atoms with E-state index in [-0.39, 0.29) is 11.4 Å². The molecule has 0 spiro atoms. The molecule has 4 nitrogen and oxygen atoms in total. The number of hydrogen-bond acceptors (Lipinski definition) is 4. The minimum Gasteiger partial charge on any atom is -0.350 e. The Kier molecular flexibility index (Phi) is 4.17. The van der Waals surface area contributed by atoms with E-state index in [1.54, 1.807) is 11.6 Å². The van der Waals surface area contributed by atoms with Crippen molar-refractivity contribution in [1.82, 2.24) is 10.3 Å². The molecule has 0 aliphatic carbocycles. The van der Waals surface area contributed by atoms with Crippen molar-refractivity contribution in [2.24, 2.45) is 5.73 Å². The van der Waals surface area contributed by atoms with Crippen molar-refractivity contribution in [2.75, 3.05) is 6.54 Å². The van der Waals surface area contributed by atoms with Crippen LogP contribution in [0.2, 0.25) is 0 Å². The largest absolute Gasteiger partial charge is 0.350 e. The number of thiazole rings is 1. The van der Waals surface area contributed by atoms with Crippen molar-refractivity contribution in [2.45, 2.75) is 32.2 Å². The molecule has 1 amide bonds. The summed E-state index contributed by atoms with van der Waals surface area (Å²) in [6, 6.07) is 5.54. The number of rotatable bonds is 5. The van der Waals surface area contributed by atoms with Crippen LogP contribution < -0.4 is 11.1 Å². The number of fused-ring (bicyclic) bond motifs is 1. The van der Waals surface area contributed by atoms with Crippen LogP contribution >= 0.6 is 11.3 Å². The van der Waals surface area contributed by atoms with Crippen molar-refractivity contribution in [3.8, 4) is 0 Å². The molecule has 1 aromatic carbocycles. The van der Waals surface area contributed by atoms with Gasteiger partial charge < -0.3 is 11.1 Å². The van der Waals surface area contributed by atoms with Crippen LogP contribution in [0.4, 0.5) is 0 Å². The maximum absolute atomic E-state index is 12.1. The highest BCUT2D eigenvalue weighted by Gasteiger charge is 2.21. The molecule has 0 saturated carbocycles. The van der Waals surface area contributed by atoms with Crippen LogP contribution in [0.1, 0.15) is 37.0 Å². The molecule has 0 aliphatic heterocycles. The Hall–Kier alpha value is -1.46. The Morgan fingerprint density at radius 1 is 1.42 bits per heavy atom. The van der Waals surface area contributed by atoms with Crippen LogP contribution in [0, 0.1) is 0 Å². The van der Waals surface area contributed by atoms with Gasteiger partial charge in [-0.25, -0.2) is 4.98 Å². The Bertz CT molecular complexity index is 575. The molecule has 0 fully saturated rings. The SMILES string of the molecule is CCC(N)(CC)CNC(=O)c1ccc2ncsc2c1. The quantitative estimate of drug-likeness (QED) is 0.882. The molecular formula is C14H19N3OS. The standard InChI is InChI=1S/C14H19N3OS/c1-3-14(15,4-2)8-16-13(18)10-5-6-11-12(7-10)19-9-17-11/h5-7,9H,3-4,8,15H2,1-2H3,(H,16,18). The summed E-state index contributed by atoms with van der Waals surface area (Å²) in [5.74, 6) is -0.0768. The summed E-state index contributed by atoms with van der Waals surface area (Å²) >= 11 is 1.54. The normalized spacial score (nSPS) is 11.7. The lowest BCUT2D eigenvalue weighted by Crippen LogP contribution is -2.49. The molecule has 1 aromatic heterocycles. The zero-order valence-corrected chi connectivity index (χ0v) is 12.1.